The van der Waals surface area contributed by atoms with Crippen LogP contribution in [0.4, 0.5) is 0 Å². The van der Waals surface area contributed by atoms with Gasteiger partial charge in [0.25, 0.3) is 5.56 Å². The van der Waals surface area contributed by atoms with Crippen LogP contribution in [-0.4, -0.2) is 47.3 Å². The minimum Gasteiger partial charge on any atom is -0.495 e. The number of hydrogen-bond donors (Lipinski definition) is 0. The highest BCUT2D eigenvalue weighted by Crippen LogP contribution is 2.38. The summed E-state index contributed by atoms with van der Waals surface area (Å²) in [5, 5.41) is 1.63. The Balaban J connectivity index is 1.96. The molecule has 0 radical (unpaired) electrons. The van der Waals surface area contributed by atoms with Crippen LogP contribution in [0.15, 0.2) is 28.2 Å². The van der Waals surface area contributed by atoms with Gasteiger partial charge in [-0.2, -0.15) is 0 Å². The van der Waals surface area contributed by atoms with Gasteiger partial charge in [-0.05, 0) is 48.9 Å². The van der Waals surface area contributed by atoms with Crippen molar-refractivity contribution in [3.63, 3.8) is 0 Å². The molecule has 31 heavy (non-hydrogen) atoms. The summed E-state index contributed by atoms with van der Waals surface area (Å²) in [6, 6.07) is 5.16. The second kappa shape index (κ2) is 8.84. The Hall–Kier alpha value is -2.03. The second-order valence-corrected chi connectivity index (χ2v) is 10.4. The first-order valence-electron chi connectivity index (χ1n) is 10.0. The highest BCUT2D eigenvalue weighted by atomic mass is 35.5. The van der Waals surface area contributed by atoms with Gasteiger partial charge in [0.1, 0.15) is 10.6 Å². The number of carbonyl (C=O) groups is 1. The fraction of sp³-hybridized carbons (Fsp3) is 0.409. The topological polar surface area (TPSA) is 64.4 Å². The van der Waals surface area contributed by atoms with E-state index in [1.165, 1.54) is 21.5 Å². The van der Waals surface area contributed by atoms with Crippen LogP contribution >= 0.6 is 34.7 Å². The SMILES string of the molecule is COc1ccc(Cl)cc1-n1c(SCC(=O)N(C)C)nc2sc3c(c2c1=O)CCC(C)C3. The van der Waals surface area contributed by atoms with Gasteiger partial charge in [-0.3, -0.25) is 14.2 Å². The summed E-state index contributed by atoms with van der Waals surface area (Å²) < 4.78 is 7.07. The van der Waals surface area contributed by atoms with E-state index < -0.39 is 0 Å². The minimum atomic E-state index is -0.141. The molecular weight excluding hydrogens is 454 g/mol. The van der Waals surface area contributed by atoms with E-state index in [9.17, 15) is 9.59 Å². The van der Waals surface area contributed by atoms with E-state index in [0.29, 0.717) is 32.9 Å². The van der Waals surface area contributed by atoms with Crippen LogP contribution in [0, 0.1) is 5.92 Å². The van der Waals surface area contributed by atoms with Gasteiger partial charge in [-0.15, -0.1) is 11.3 Å². The molecule has 1 aliphatic rings. The second-order valence-electron chi connectivity index (χ2n) is 7.96. The first-order chi connectivity index (χ1) is 14.8. The molecule has 3 aromatic rings. The number of thiophene rings is 1. The van der Waals surface area contributed by atoms with Crippen LogP contribution < -0.4 is 10.3 Å². The van der Waals surface area contributed by atoms with Crippen molar-refractivity contribution in [1.82, 2.24) is 14.5 Å². The predicted molar refractivity (Wildman–Crippen MR) is 127 cm³/mol. The molecular formula is C22H24ClN3O3S2. The van der Waals surface area contributed by atoms with E-state index in [-0.39, 0.29) is 17.2 Å². The number of halogens is 1. The highest BCUT2D eigenvalue weighted by Gasteiger charge is 2.26. The van der Waals surface area contributed by atoms with E-state index in [0.717, 1.165) is 29.7 Å². The van der Waals surface area contributed by atoms with E-state index in [2.05, 4.69) is 6.92 Å². The Morgan fingerprint density at radius 1 is 1.42 bits per heavy atom. The number of aromatic nitrogens is 2. The molecule has 164 valence electrons. The lowest BCUT2D eigenvalue weighted by molar-refractivity contribution is -0.125. The third-order valence-corrected chi connectivity index (χ3v) is 7.81. The number of aryl methyl sites for hydroxylation is 1. The van der Waals surface area contributed by atoms with Gasteiger partial charge >= 0.3 is 0 Å². The number of ether oxygens (including phenoxy) is 1. The molecule has 6 nitrogen and oxygen atoms in total. The molecule has 0 N–H and O–H groups in total. The zero-order valence-electron chi connectivity index (χ0n) is 17.9. The van der Waals surface area contributed by atoms with Crippen molar-refractivity contribution in [1.29, 1.82) is 0 Å². The van der Waals surface area contributed by atoms with E-state index in [1.54, 1.807) is 55.3 Å². The molecule has 4 rings (SSSR count). The summed E-state index contributed by atoms with van der Waals surface area (Å²) in [4.78, 5) is 34.4. The summed E-state index contributed by atoms with van der Waals surface area (Å²) >= 11 is 9.12. The first-order valence-corrected chi connectivity index (χ1v) is 12.2. The third kappa shape index (κ3) is 4.21. The van der Waals surface area contributed by atoms with Gasteiger partial charge in [0.05, 0.1) is 23.9 Å². The number of benzene rings is 1. The van der Waals surface area contributed by atoms with E-state index in [1.807, 2.05) is 0 Å². The zero-order valence-corrected chi connectivity index (χ0v) is 20.3. The van der Waals surface area contributed by atoms with Crippen molar-refractivity contribution < 1.29 is 9.53 Å². The quantitative estimate of drug-likeness (QED) is 0.402. The number of carbonyl (C=O) groups excluding carboxylic acids is 1. The Kier molecular flexibility index (Phi) is 6.32. The number of thioether (sulfide) groups is 1. The predicted octanol–water partition coefficient (Wildman–Crippen LogP) is 4.41. The molecule has 0 saturated carbocycles. The Bertz CT molecular complexity index is 1220. The molecule has 1 unspecified atom stereocenters. The largest absolute Gasteiger partial charge is 0.495 e. The molecule has 2 heterocycles. The monoisotopic (exact) mass is 477 g/mol. The van der Waals surface area contributed by atoms with Gasteiger partial charge in [-0.1, -0.05) is 30.3 Å². The average Bonchev–Trinajstić information content (AvgIpc) is 3.09. The van der Waals surface area contributed by atoms with Crippen molar-refractivity contribution in [3.8, 4) is 11.4 Å². The molecule has 0 aliphatic heterocycles. The Morgan fingerprint density at radius 2 is 2.19 bits per heavy atom. The van der Waals surface area contributed by atoms with Crippen molar-refractivity contribution in [2.45, 2.75) is 31.3 Å². The average molecular weight is 478 g/mol. The summed E-state index contributed by atoms with van der Waals surface area (Å²) in [6.07, 6.45) is 2.91. The highest BCUT2D eigenvalue weighted by molar-refractivity contribution is 7.99. The third-order valence-electron chi connectivity index (χ3n) is 5.50. The van der Waals surface area contributed by atoms with Gasteiger partial charge in [0.15, 0.2) is 5.16 Å². The van der Waals surface area contributed by atoms with Crippen molar-refractivity contribution in [2.24, 2.45) is 5.92 Å². The molecule has 0 saturated heterocycles. The van der Waals surface area contributed by atoms with Crippen LogP contribution in [-0.2, 0) is 17.6 Å². The molecule has 1 atom stereocenters. The smallest absolute Gasteiger partial charge is 0.267 e. The fourth-order valence-corrected chi connectivity index (χ4v) is 6.35. The van der Waals surface area contributed by atoms with Crippen molar-refractivity contribution >= 4 is 50.8 Å². The maximum absolute atomic E-state index is 13.8. The molecule has 1 amide bonds. The van der Waals surface area contributed by atoms with E-state index >= 15 is 0 Å². The number of rotatable bonds is 5. The summed E-state index contributed by atoms with van der Waals surface area (Å²) in [5.41, 5.74) is 1.50. The van der Waals surface area contributed by atoms with Crippen LogP contribution in [0.5, 0.6) is 5.75 Å². The lowest BCUT2D eigenvalue weighted by Crippen LogP contribution is -2.26. The van der Waals surface area contributed by atoms with Gasteiger partial charge in [0.2, 0.25) is 5.91 Å². The molecule has 0 fully saturated rings. The number of methoxy groups -OCH3 is 1. The molecule has 0 spiro atoms. The standard InChI is InChI=1S/C22H24ClN3O3S2/c1-12-5-7-14-17(9-12)31-20-19(14)21(28)26(15-10-13(23)6-8-16(15)29-4)22(24-20)30-11-18(27)25(2)3/h6,8,10,12H,5,7,9,11H2,1-4H3. The number of hydrogen-bond acceptors (Lipinski definition) is 6. The lowest BCUT2D eigenvalue weighted by atomic mass is 9.89. The molecule has 9 heteroatoms. The number of nitrogens with zero attached hydrogens (tertiary/aromatic N) is 3. The molecule has 2 aromatic heterocycles. The summed E-state index contributed by atoms with van der Waals surface area (Å²) in [7, 11) is 4.97. The van der Waals surface area contributed by atoms with Crippen LogP contribution in [0.1, 0.15) is 23.8 Å². The zero-order chi connectivity index (χ0) is 22.3. The minimum absolute atomic E-state index is 0.0525. The lowest BCUT2D eigenvalue weighted by Gasteiger charge is -2.18. The maximum atomic E-state index is 13.8. The number of amides is 1. The maximum Gasteiger partial charge on any atom is 0.267 e. The van der Waals surface area contributed by atoms with E-state index in [4.69, 9.17) is 21.3 Å². The fourth-order valence-electron chi connectivity index (χ4n) is 3.77. The van der Waals surface area contributed by atoms with Gasteiger partial charge in [-0.25, -0.2) is 4.98 Å². The normalized spacial score (nSPS) is 15.7. The molecule has 1 aromatic carbocycles. The first kappa shape index (κ1) is 22.2. The van der Waals surface area contributed by atoms with Crippen LogP contribution in [0.2, 0.25) is 5.02 Å². The number of fused-ring (bicyclic) bond motifs is 3. The summed E-state index contributed by atoms with van der Waals surface area (Å²) in [5.74, 6) is 1.24. The van der Waals surface area contributed by atoms with Crippen LogP contribution in [0.3, 0.4) is 0 Å². The van der Waals surface area contributed by atoms with Gasteiger partial charge < -0.3 is 9.64 Å². The summed E-state index contributed by atoms with van der Waals surface area (Å²) in [6.45, 7) is 2.24. The Labute approximate surface area is 194 Å². The van der Waals surface area contributed by atoms with Crippen molar-refractivity contribution in [2.75, 3.05) is 27.0 Å². The van der Waals surface area contributed by atoms with Crippen molar-refractivity contribution in [3.05, 3.63) is 44.0 Å². The van der Waals surface area contributed by atoms with Crippen LogP contribution in [0.25, 0.3) is 15.9 Å². The Morgan fingerprint density at radius 3 is 2.90 bits per heavy atom. The molecule has 1 aliphatic carbocycles. The molecule has 0 bridgehead atoms. The van der Waals surface area contributed by atoms with Gasteiger partial charge in [0, 0.05) is 24.0 Å².